The zero-order valence-electron chi connectivity index (χ0n) is 7.05. The molecule has 0 aliphatic heterocycles. The molecule has 0 fully saturated rings. The smallest absolute Gasteiger partial charge is 0.242 e. The fraction of sp³-hybridized carbons (Fsp3) is 0.222. The molecule has 0 aromatic heterocycles. The molecule has 0 saturated carbocycles. The number of benzene rings is 1. The predicted molar refractivity (Wildman–Crippen MR) is 58.1 cm³/mol. The molecule has 0 bridgehead atoms. The van der Waals surface area contributed by atoms with E-state index in [2.05, 4.69) is 21.2 Å². The van der Waals surface area contributed by atoms with E-state index in [1.54, 1.807) is 19.1 Å². The third kappa shape index (κ3) is 3.36. The summed E-state index contributed by atoms with van der Waals surface area (Å²) in [5.74, 6) is -0.191. The van der Waals surface area contributed by atoms with E-state index < -0.39 is 5.38 Å². The van der Waals surface area contributed by atoms with Crippen LogP contribution in [-0.4, -0.2) is 11.3 Å². The number of alkyl halides is 1. The third-order valence-electron chi connectivity index (χ3n) is 1.47. The predicted octanol–water partition coefficient (Wildman–Crippen LogP) is 3.01. The maximum atomic E-state index is 11.1. The summed E-state index contributed by atoms with van der Waals surface area (Å²) in [5, 5.41) is 2.17. The Labute approximate surface area is 90.4 Å². The van der Waals surface area contributed by atoms with Gasteiger partial charge in [-0.05, 0) is 31.2 Å². The normalized spacial score (nSPS) is 12.2. The molecule has 1 aromatic rings. The third-order valence-corrected chi connectivity index (χ3v) is 2.20. The second kappa shape index (κ2) is 4.63. The Morgan fingerprint density at radius 1 is 1.46 bits per heavy atom. The van der Waals surface area contributed by atoms with Crippen LogP contribution in [0.1, 0.15) is 6.92 Å². The van der Waals surface area contributed by atoms with Gasteiger partial charge in [-0.2, -0.15) is 0 Å². The van der Waals surface area contributed by atoms with Crippen LogP contribution in [0.5, 0.6) is 0 Å². The molecule has 4 heteroatoms. The Balaban J connectivity index is 2.65. The molecule has 1 amide bonds. The molecule has 1 rings (SSSR count). The van der Waals surface area contributed by atoms with Crippen molar-refractivity contribution < 1.29 is 4.79 Å². The van der Waals surface area contributed by atoms with Crippen LogP contribution in [0.4, 0.5) is 5.69 Å². The first-order valence-corrected chi connectivity index (χ1v) is 5.03. The molecule has 0 spiro atoms. The summed E-state index contributed by atoms with van der Waals surface area (Å²) in [6.45, 7) is 1.63. The van der Waals surface area contributed by atoms with Gasteiger partial charge in [-0.1, -0.05) is 15.9 Å². The first-order valence-electron chi connectivity index (χ1n) is 3.80. The standard InChI is InChI=1S/C9H9BrClNO/c1-6(11)9(13)12-8-4-2-7(10)3-5-8/h2-6H,1H3,(H,12,13)/t6-/m0/s1. The van der Waals surface area contributed by atoms with Crippen molar-refractivity contribution in [2.75, 3.05) is 5.32 Å². The molecule has 0 unspecified atom stereocenters. The molecular formula is C9H9BrClNO. The van der Waals surface area contributed by atoms with Crippen molar-refractivity contribution in [3.05, 3.63) is 28.7 Å². The number of amides is 1. The number of halogens is 2. The zero-order chi connectivity index (χ0) is 9.84. The average Bonchev–Trinajstić information content (AvgIpc) is 2.08. The monoisotopic (exact) mass is 261 g/mol. The van der Waals surface area contributed by atoms with Gasteiger partial charge in [0.05, 0.1) is 0 Å². The van der Waals surface area contributed by atoms with Crippen molar-refractivity contribution in [2.45, 2.75) is 12.3 Å². The van der Waals surface area contributed by atoms with Crippen molar-refractivity contribution in [1.82, 2.24) is 0 Å². The highest BCUT2D eigenvalue weighted by Crippen LogP contribution is 2.14. The van der Waals surface area contributed by atoms with Crippen LogP contribution in [0.15, 0.2) is 28.7 Å². The summed E-state index contributed by atoms with van der Waals surface area (Å²) in [6.07, 6.45) is 0. The molecule has 1 atom stereocenters. The summed E-state index contributed by atoms with van der Waals surface area (Å²) in [6, 6.07) is 7.32. The van der Waals surface area contributed by atoms with E-state index in [-0.39, 0.29) is 5.91 Å². The SMILES string of the molecule is C[C@H](Cl)C(=O)Nc1ccc(Br)cc1. The summed E-state index contributed by atoms with van der Waals surface area (Å²) >= 11 is 8.89. The van der Waals surface area contributed by atoms with Crippen LogP contribution in [0.3, 0.4) is 0 Å². The van der Waals surface area contributed by atoms with E-state index in [0.717, 1.165) is 10.2 Å². The lowest BCUT2D eigenvalue weighted by atomic mass is 10.3. The van der Waals surface area contributed by atoms with Crippen molar-refractivity contribution in [2.24, 2.45) is 0 Å². The Morgan fingerprint density at radius 3 is 2.46 bits per heavy atom. The van der Waals surface area contributed by atoms with E-state index in [9.17, 15) is 4.79 Å². The maximum absolute atomic E-state index is 11.1. The molecule has 0 heterocycles. The van der Waals surface area contributed by atoms with Gasteiger partial charge in [-0.25, -0.2) is 0 Å². The molecule has 0 saturated heterocycles. The highest BCUT2D eigenvalue weighted by molar-refractivity contribution is 9.10. The van der Waals surface area contributed by atoms with Crippen LogP contribution in [0.2, 0.25) is 0 Å². The van der Waals surface area contributed by atoms with Crippen LogP contribution < -0.4 is 5.32 Å². The number of hydrogen-bond acceptors (Lipinski definition) is 1. The first-order chi connectivity index (χ1) is 6.09. The van der Waals surface area contributed by atoms with Crippen LogP contribution >= 0.6 is 27.5 Å². The summed E-state index contributed by atoms with van der Waals surface area (Å²) in [4.78, 5) is 11.1. The second-order valence-corrected chi connectivity index (χ2v) is 4.18. The topological polar surface area (TPSA) is 29.1 Å². The van der Waals surface area contributed by atoms with Crippen LogP contribution in [0, 0.1) is 0 Å². The Morgan fingerprint density at radius 2 is 2.00 bits per heavy atom. The molecular weight excluding hydrogens is 253 g/mol. The Bertz CT molecular complexity index is 297. The van der Waals surface area contributed by atoms with E-state index in [0.29, 0.717) is 0 Å². The largest absolute Gasteiger partial charge is 0.325 e. The molecule has 0 aliphatic carbocycles. The fourth-order valence-electron chi connectivity index (χ4n) is 0.775. The highest BCUT2D eigenvalue weighted by atomic mass is 79.9. The van der Waals surface area contributed by atoms with Crippen molar-refractivity contribution in [1.29, 1.82) is 0 Å². The average molecular weight is 263 g/mol. The molecule has 1 N–H and O–H groups in total. The number of hydrogen-bond donors (Lipinski definition) is 1. The van der Waals surface area contributed by atoms with Crippen molar-refractivity contribution >= 4 is 39.1 Å². The zero-order valence-corrected chi connectivity index (χ0v) is 9.39. The molecule has 1 aromatic carbocycles. The first kappa shape index (κ1) is 10.5. The lowest BCUT2D eigenvalue weighted by molar-refractivity contribution is -0.115. The lowest BCUT2D eigenvalue weighted by Gasteiger charge is -2.05. The molecule has 70 valence electrons. The minimum absolute atomic E-state index is 0.191. The number of rotatable bonds is 2. The quantitative estimate of drug-likeness (QED) is 0.816. The fourth-order valence-corrected chi connectivity index (χ4v) is 1.09. The van der Waals surface area contributed by atoms with E-state index in [1.165, 1.54) is 0 Å². The van der Waals surface area contributed by atoms with Gasteiger partial charge >= 0.3 is 0 Å². The number of carbonyl (C=O) groups is 1. The van der Waals surface area contributed by atoms with E-state index in [1.807, 2.05) is 12.1 Å². The lowest BCUT2D eigenvalue weighted by Crippen LogP contribution is -2.20. The molecule has 2 nitrogen and oxygen atoms in total. The van der Waals surface area contributed by atoms with E-state index >= 15 is 0 Å². The van der Waals surface area contributed by atoms with Crippen LogP contribution in [-0.2, 0) is 4.79 Å². The van der Waals surface area contributed by atoms with Crippen molar-refractivity contribution in [3.8, 4) is 0 Å². The summed E-state index contributed by atoms with van der Waals surface area (Å²) < 4.78 is 0.976. The number of anilines is 1. The van der Waals surface area contributed by atoms with Crippen LogP contribution in [0.25, 0.3) is 0 Å². The molecule has 0 radical (unpaired) electrons. The minimum atomic E-state index is -0.511. The maximum Gasteiger partial charge on any atom is 0.242 e. The van der Waals surface area contributed by atoms with Gasteiger partial charge in [-0.15, -0.1) is 11.6 Å². The highest BCUT2D eigenvalue weighted by Gasteiger charge is 2.08. The minimum Gasteiger partial charge on any atom is -0.325 e. The summed E-state index contributed by atoms with van der Waals surface area (Å²) in [5.41, 5.74) is 0.751. The second-order valence-electron chi connectivity index (χ2n) is 2.61. The van der Waals surface area contributed by atoms with Crippen molar-refractivity contribution in [3.63, 3.8) is 0 Å². The van der Waals surface area contributed by atoms with Gasteiger partial charge in [0.2, 0.25) is 5.91 Å². The van der Waals surface area contributed by atoms with Gasteiger partial charge < -0.3 is 5.32 Å². The Kier molecular flexibility index (Phi) is 3.75. The summed E-state index contributed by atoms with van der Waals surface area (Å²) in [7, 11) is 0. The Hall–Kier alpha value is -0.540. The van der Waals surface area contributed by atoms with Gasteiger partial charge in [0.25, 0.3) is 0 Å². The molecule has 0 aliphatic rings. The van der Waals surface area contributed by atoms with Gasteiger partial charge in [0.15, 0.2) is 0 Å². The van der Waals surface area contributed by atoms with E-state index in [4.69, 9.17) is 11.6 Å². The number of carbonyl (C=O) groups excluding carboxylic acids is 1. The number of nitrogens with one attached hydrogen (secondary N) is 1. The van der Waals surface area contributed by atoms with Gasteiger partial charge in [0, 0.05) is 10.2 Å². The van der Waals surface area contributed by atoms with Gasteiger partial charge in [-0.3, -0.25) is 4.79 Å². The molecule has 13 heavy (non-hydrogen) atoms. The van der Waals surface area contributed by atoms with Gasteiger partial charge in [0.1, 0.15) is 5.38 Å².